The lowest BCUT2D eigenvalue weighted by Crippen LogP contribution is -2.16. The topological polar surface area (TPSA) is 59.3 Å². The van der Waals surface area contributed by atoms with Gasteiger partial charge in [-0.25, -0.2) is 4.98 Å². The highest BCUT2D eigenvalue weighted by atomic mass is 32.1. The van der Waals surface area contributed by atoms with Crippen molar-refractivity contribution in [2.24, 2.45) is 23.7 Å². The Hall–Kier alpha value is -1.43. The van der Waals surface area contributed by atoms with Crippen molar-refractivity contribution in [2.75, 3.05) is 5.32 Å². The molecule has 2 aromatic heterocycles. The highest BCUT2D eigenvalue weighted by Crippen LogP contribution is 2.66. The number of hydrogen-bond acceptors (Lipinski definition) is 5. The summed E-state index contributed by atoms with van der Waals surface area (Å²) in [4.78, 5) is 17.2. The Morgan fingerprint density at radius 2 is 2.14 bits per heavy atom. The third kappa shape index (κ3) is 1.65. The van der Waals surface area contributed by atoms with E-state index in [0.29, 0.717) is 11.0 Å². The van der Waals surface area contributed by atoms with E-state index in [4.69, 9.17) is 0 Å². The Kier molecular flexibility index (Phi) is 2.35. The van der Waals surface area contributed by atoms with E-state index in [1.807, 2.05) is 6.92 Å². The zero-order valence-electron chi connectivity index (χ0n) is 12.0. The van der Waals surface area contributed by atoms with Crippen molar-refractivity contribution in [3.05, 3.63) is 22.1 Å². The Bertz CT molecular complexity index is 766. The summed E-state index contributed by atoms with van der Waals surface area (Å²) in [6.07, 6.45) is 5.08. The molecule has 21 heavy (non-hydrogen) atoms. The second-order valence-corrected chi connectivity index (χ2v) is 7.65. The van der Waals surface area contributed by atoms with Gasteiger partial charge >= 0.3 is 0 Å². The molecule has 0 radical (unpaired) electrons. The normalized spacial score (nSPS) is 36.1. The summed E-state index contributed by atoms with van der Waals surface area (Å²) in [7, 11) is 0. The van der Waals surface area contributed by atoms with Crippen LogP contribution in [0.3, 0.4) is 0 Å². The van der Waals surface area contributed by atoms with Crippen molar-refractivity contribution >= 4 is 21.4 Å². The summed E-state index contributed by atoms with van der Waals surface area (Å²) >= 11 is 1.50. The quantitative estimate of drug-likeness (QED) is 0.944. The molecule has 2 heterocycles. The maximum absolute atomic E-state index is 12.0. The standard InChI is InChI=1S/C15H18N4OS/c1-2-9-6-10(20)19-15(16-9)21-14(18-19)17-13-11-7-3-4-8(5-7)12(11)13/h6-8,11-13H,2-5H2,1H3,(H,17,18). The Balaban J connectivity index is 1.44. The van der Waals surface area contributed by atoms with E-state index in [2.05, 4.69) is 15.4 Å². The van der Waals surface area contributed by atoms with Crippen LogP contribution in [0.25, 0.3) is 4.96 Å². The van der Waals surface area contributed by atoms with E-state index in [1.54, 1.807) is 6.07 Å². The fraction of sp³-hybridized carbons (Fsp3) is 0.667. The van der Waals surface area contributed by atoms with Crippen LogP contribution in [0.2, 0.25) is 0 Å². The SMILES string of the molecule is CCc1cc(=O)n2nc(NC3C4C5CCC(C5)C34)sc2n1. The van der Waals surface area contributed by atoms with Gasteiger partial charge in [0.1, 0.15) is 0 Å². The third-order valence-corrected chi connectivity index (χ3v) is 6.53. The molecule has 5 nitrogen and oxygen atoms in total. The Morgan fingerprint density at radius 1 is 1.38 bits per heavy atom. The first-order chi connectivity index (χ1) is 10.2. The molecule has 0 spiro atoms. The summed E-state index contributed by atoms with van der Waals surface area (Å²) < 4.78 is 1.43. The number of anilines is 1. The molecule has 5 rings (SSSR count). The second kappa shape index (κ2) is 4.06. The summed E-state index contributed by atoms with van der Waals surface area (Å²) in [5.74, 6) is 3.62. The first kappa shape index (κ1) is 12.1. The Labute approximate surface area is 126 Å². The van der Waals surface area contributed by atoms with Crippen molar-refractivity contribution in [3.63, 3.8) is 0 Å². The van der Waals surface area contributed by atoms with Crippen LogP contribution in [0.15, 0.2) is 10.9 Å². The minimum atomic E-state index is -0.0720. The van der Waals surface area contributed by atoms with E-state index < -0.39 is 0 Å². The number of fused-ring (bicyclic) bond motifs is 6. The fourth-order valence-electron chi connectivity index (χ4n) is 4.76. The molecule has 0 aromatic carbocycles. The van der Waals surface area contributed by atoms with Crippen LogP contribution in [0.1, 0.15) is 31.9 Å². The zero-order chi connectivity index (χ0) is 14.1. The molecule has 4 unspecified atom stereocenters. The van der Waals surface area contributed by atoms with Crippen molar-refractivity contribution in [2.45, 2.75) is 38.6 Å². The van der Waals surface area contributed by atoms with Crippen molar-refractivity contribution in [1.82, 2.24) is 14.6 Å². The summed E-state index contributed by atoms with van der Waals surface area (Å²) in [5.41, 5.74) is 0.772. The van der Waals surface area contributed by atoms with E-state index in [1.165, 1.54) is 35.1 Å². The molecule has 3 fully saturated rings. The molecule has 3 aliphatic carbocycles. The zero-order valence-corrected chi connectivity index (χ0v) is 12.8. The maximum Gasteiger partial charge on any atom is 0.275 e. The highest BCUT2D eigenvalue weighted by molar-refractivity contribution is 7.20. The van der Waals surface area contributed by atoms with Gasteiger partial charge in [-0.15, -0.1) is 5.10 Å². The van der Waals surface area contributed by atoms with Gasteiger partial charge in [-0.05, 0) is 49.4 Å². The van der Waals surface area contributed by atoms with Gasteiger partial charge in [0.05, 0.1) is 0 Å². The molecule has 110 valence electrons. The molecule has 0 amide bonds. The summed E-state index contributed by atoms with van der Waals surface area (Å²) in [6, 6.07) is 2.18. The first-order valence-electron chi connectivity index (χ1n) is 7.91. The minimum absolute atomic E-state index is 0.0720. The van der Waals surface area contributed by atoms with Crippen LogP contribution in [-0.2, 0) is 6.42 Å². The van der Waals surface area contributed by atoms with Crippen LogP contribution in [0.4, 0.5) is 5.13 Å². The molecule has 3 aliphatic rings. The number of aryl methyl sites for hydroxylation is 1. The number of nitrogens with zero attached hydrogens (tertiary/aromatic N) is 3. The van der Waals surface area contributed by atoms with Crippen molar-refractivity contribution < 1.29 is 0 Å². The molecule has 1 N–H and O–H groups in total. The first-order valence-corrected chi connectivity index (χ1v) is 8.72. The molecule has 2 bridgehead atoms. The predicted octanol–water partition coefficient (Wildman–Crippen LogP) is 2.17. The number of hydrogen-bond donors (Lipinski definition) is 1. The maximum atomic E-state index is 12.0. The van der Waals surface area contributed by atoms with Crippen LogP contribution in [0.5, 0.6) is 0 Å². The van der Waals surface area contributed by atoms with Gasteiger partial charge < -0.3 is 5.32 Å². The highest BCUT2D eigenvalue weighted by Gasteiger charge is 2.65. The summed E-state index contributed by atoms with van der Waals surface area (Å²) in [5, 5.41) is 8.85. The molecule has 0 aliphatic heterocycles. The average molecular weight is 302 g/mol. The fourth-order valence-corrected chi connectivity index (χ4v) is 5.63. The van der Waals surface area contributed by atoms with Crippen LogP contribution in [0, 0.1) is 23.7 Å². The predicted molar refractivity (Wildman–Crippen MR) is 81.7 cm³/mol. The second-order valence-electron chi connectivity index (χ2n) is 6.70. The van der Waals surface area contributed by atoms with Crippen LogP contribution in [-0.4, -0.2) is 20.6 Å². The number of nitrogens with one attached hydrogen (secondary N) is 1. The molecule has 2 aromatic rings. The van der Waals surface area contributed by atoms with Gasteiger partial charge in [0.15, 0.2) is 0 Å². The smallest absolute Gasteiger partial charge is 0.275 e. The van der Waals surface area contributed by atoms with Gasteiger partial charge in [0.25, 0.3) is 5.56 Å². The minimum Gasteiger partial charge on any atom is -0.357 e. The third-order valence-electron chi connectivity index (χ3n) is 5.69. The summed E-state index contributed by atoms with van der Waals surface area (Å²) in [6.45, 7) is 2.01. The molecule has 3 saturated carbocycles. The molecular formula is C15H18N4OS. The lowest BCUT2D eigenvalue weighted by molar-refractivity contribution is 0.456. The lowest BCUT2D eigenvalue weighted by atomic mass is 10.0. The van der Waals surface area contributed by atoms with E-state index in [-0.39, 0.29) is 5.56 Å². The van der Waals surface area contributed by atoms with E-state index >= 15 is 0 Å². The van der Waals surface area contributed by atoms with Gasteiger partial charge in [-0.1, -0.05) is 18.3 Å². The van der Waals surface area contributed by atoms with Crippen molar-refractivity contribution in [1.29, 1.82) is 0 Å². The van der Waals surface area contributed by atoms with Crippen LogP contribution >= 0.6 is 11.3 Å². The molecule has 4 atom stereocenters. The van der Waals surface area contributed by atoms with Crippen molar-refractivity contribution in [3.8, 4) is 0 Å². The number of aromatic nitrogens is 3. The van der Waals surface area contributed by atoms with Gasteiger partial charge in [0.2, 0.25) is 10.1 Å². The molecule has 0 saturated heterocycles. The van der Waals surface area contributed by atoms with Gasteiger partial charge in [-0.2, -0.15) is 4.52 Å². The monoisotopic (exact) mass is 302 g/mol. The molecule has 6 heteroatoms. The van der Waals surface area contributed by atoms with Crippen LogP contribution < -0.4 is 10.9 Å². The van der Waals surface area contributed by atoms with E-state index in [0.717, 1.165) is 40.9 Å². The Morgan fingerprint density at radius 3 is 2.86 bits per heavy atom. The van der Waals surface area contributed by atoms with Gasteiger partial charge in [-0.3, -0.25) is 4.79 Å². The van der Waals surface area contributed by atoms with Gasteiger partial charge in [0, 0.05) is 17.8 Å². The average Bonchev–Trinajstić information content (AvgIpc) is 2.88. The molecular weight excluding hydrogens is 284 g/mol. The largest absolute Gasteiger partial charge is 0.357 e. The van der Waals surface area contributed by atoms with E-state index in [9.17, 15) is 4.79 Å². The lowest BCUT2D eigenvalue weighted by Gasteiger charge is -2.08. The number of rotatable bonds is 3.